The molecule has 1 aliphatic rings. The number of rotatable bonds is 10. The largest absolute Gasteiger partial charge is 1.00 e. The molecular formula is C34H39BrClFN2O2S. The molecule has 5 rings (SSSR count). The molecule has 0 aliphatic carbocycles. The zero-order valence-corrected chi connectivity index (χ0v) is 27.5. The van der Waals surface area contributed by atoms with Crippen molar-refractivity contribution in [3.05, 3.63) is 106 Å². The van der Waals surface area contributed by atoms with Crippen LogP contribution in [-0.2, 0) is 16.6 Å². The number of halogens is 3. The normalized spacial score (nSPS) is 14.9. The van der Waals surface area contributed by atoms with Crippen LogP contribution in [0.4, 0.5) is 10.1 Å². The van der Waals surface area contributed by atoms with Gasteiger partial charge in [0, 0.05) is 12.1 Å². The number of fused-ring (bicyclic) bond motifs is 1. The Morgan fingerprint density at radius 1 is 0.833 bits per heavy atom. The van der Waals surface area contributed by atoms with E-state index in [0.29, 0.717) is 18.7 Å². The van der Waals surface area contributed by atoms with Crippen LogP contribution in [0.2, 0.25) is 5.02 Å². The average molecular weight is 674 g/mol. The second-order valence-electron chi connectivity index (χ2n) is 11.6. The highest BCUT2D eigenvalue weighted by Crippen LogP contribution is 2.30. The van der Waals surface area contributed by atoms with Gasteiger partial charge in [0.05, 0.1) is 35.2 Å². The lowest BCUT2D eigenvalue weighted by molar-refractivity contribution is -0.945. The molecule has 4 nitrogen and oxygen atoms in total. The molecule has 0 amide bonds. The van der Waals surface area contributed by atoms with Gasteiger partial charge in [-0.15, -0.1) is 0 Å². The van der Waals surface area contributed by atoms with Crippen molar-refractivity contribution < 1.29 is 34.3 Å². The number of sulfonamides is 1. The van der Waals surface area contributed by atoms with Crippen LogP contribution in [0.1, 0.15) is 48.8 Å². The van der Waals surface area contributed by atoms with E-state index in [1.54, 1.807) is 12.1 Å². The molecule has 1 heterocycles. The molecule has 4 aromatic carbocycles. The quantitative estimate of drug-likeness (QED) is 0.166. The van der Waals surface area contributed by atoms with E-state index in [0.717, 1.165) is 47.9 Å². The smallest absolute Gasteiger partial charge is 0.264 e. The minimum Gasteiger partial charge on any atom is -1.00 e. The number of unbranched alkanes of at least 4 members (excludes halogenated alkanes) is 1. The molecule has 0 saturated carbocycles. The highest BCUT2D eigenvalue weighted by molar-refractivity contribution is 7.92. The third-order valence-electron chi connectivity index (χ3n) is 8.31. The number of anilines is 1. The predicted molar refractivity (Wildman–Crippen MR) is 167 cm³/mol. The number of hydrogen-bond acceptors (Lipinski definition) is 2. The summed E-state index contributed by atoms with van der Waals surface area (Å²) >= 11 is 6.11. The molecule has 0 atom stereocenters. The number of piperidine rings is 1. The van der Waals surface area contributed by atoms with E-state index >= 15 is 0 Å². The Morgan fingerprint density at radius 3 is 2.21 bits per heavy atom. The molecule has 42 heavy (non-hydrogen) atoms. The van der Waals surface area contributed by atoms with Crippen LogP contribution in [0.5, 0.6) is 0 Å². The van der Waals surface area contributed by atoms with E-state index in [-0.39, 0.29) is 26.9 Å². The molecule has 1 aliphatic heterocycles. The molecule has 8 heteroatoms. The van der Waals surface area contributed by atoms with Gasteiger partial charge < -0.3 is 21.5 Å². The SMILES string of the molecule is Cc1cc(C)cc(C[N+]2(CCCCN(c3ccc(F)c(Cl)c3)S(=O)(=O)c3ccc4ccccc4c3)CCCCC2)c1.[Br-]. The lowest BCUT2D eigenvalue weighted by Crippen LogP contribution is -3.00. The standard InChI is InChI=1S/C34H39ClFN2O2S.BrH/c1-26-20-27(2)22-28(21-26)25-38(17-7-3-8-18-38)19-9-6-16-37(31-13-15-34(36)33(35)24-31)41(39,40)32-14-12-29-10-4-5-11-30(29)23-32;/h4-5,10-15,20-24H,3,6-9,16-19,25H2,1-2H3;1H/q+1;/p-1. The number of nitrogens with zero attached hydrogens (tertiary/aromatic N) is 2. The van der Waals surface area contributed by atoms with Gasteiger partial charge >= 0.3 is 0 Å². The maximum Gasteiger partial charge on any atom is 0.264 e. The molecule has 0 bridgehead atoms. The number of hydrogen-bond donors (Lipinski definition) is 0. The first-order valence-corrected chi connectivity index (χ1v) is 16.4. The summed E-state index contributed by atoms with van der Waals surface area (Å²) in [4.78, 5) is 0.214. The van der Waals surface area contributed by atoms with Crippen LogP contribution >= 0.6 is 11.6 Å². The Kier molecular flexibility index (Phi) is 10.7. The van der Waals surface area contributed by atoms with Crippen LogP contribution < -0.4 is 21.3 Å². The number of quaternary nitrogens is 1. The van der Waals surface area contributed by atoms with Gasteiger partial charge in [-0.3, -0.25) is 4.31 Å². The zero-order chi connectivity index (χ0) is 29.0. The van der Waals surface area contributed by atoms with Crippen LogP contribution in [0.25, 0.3) is 10.8 Å². The predicted octanol–water partition coefficient (Wildman–Crippen LogP) is 5.43. The van der Waals surface area contributed by atoms with Crippen molar-refractivity contribution in [2.45, 2.75) is 57.4 Å². The number of likely N-dealkylation sites (tertiary alicyclic amines) is 1. The topological polar surface area (TPSA) is 37.4 Å². The molecule has 0 radical (unpaired) electrons. The maximum absolute atomic E-state index is 14.0. The van der Waals surface area contributed by atoms with Crippen molar-refractivity contribution in [3.8, 4) is 0 Å². The Labute approximate surface area is 265 Å². The van der Waals surface area contributed by atoms with Crippen molar-refractivity contribution >= 4 is 38.1 Å². The minimum absolute atomic E-state index is 0. The van der Waals surface area contributed by atoms with Crippen LogP contribution in [0.15, 0.2) is 83.8 Å². The van der Waals surface area contributed by atoms with Gasteiger partial charge in [0.15, 0.2) is 0 Å². The second-order valence-corrected chi connectivity index (χ2v) is 13.9. The minimum atomic E-state index is -3.91. The summed E-state index contributed by atoms with van der Waals surface area (Å²) in [5, 5.41) is 1.74. The van der Waals surface area contributed by atoms with Gasteiger partial charge in [-0.1, -0.05) is 71.3 Å². The van der Waals surface area contributed by atoms with Crippen LogP contribution in [-0.4, -0.2) is 39.1 Å². The Balaban J connectivity index is 0.00000405. The van der Waals surface area contributed by atoms with Gasteiger partial charge in [0.1, 0.15) is 12.4 Å². The molecule has 224 valence electrons. The maximum atomic E-state index is 14.0. The van der Waals surface area contributed by atoms with Crippen LogP contribution in [0, 0.1) is 19.7 Å². The number of benzene rings is 4. The van der Waals surface area contributed by atoms with E-state index in [4.69, 9.17) is 11.6 Å². The monoisotopic (exact) mass is 672 g/mol. The molecule has 4 aromatic rings. The van der Waals surface area contributed by atoms with E-state index in [9.17, 15) is 12.8 Å². The summed E-state index contributed by atoms with van der Waals surface area (Å²) in [6.45, 7) is 8.92. The lowest BCUT2D eigenvalue weighted by atomic mass is 10.0. The fourth-order valence-corrected chi connectivity index (χ4v) is 8.08. The molecule has 1 saturated heterocycles. The van der Waals surface area contributed by atoms with Crippen LogP contribution in [0.3, 0.4) is 0 Å². The summed E-state index contributed by atoms with van der Waals surface area (Å²) in [5.74, 6) is -0.568. The third kappa shape index (κ3) is 7.54. The average Bonchev–Trinajstić information content (AvgIpc) is 2.94. The third-order valence-corrected chi connectivity index (χ3v) is 10.4. The Morgan fingerprint density at radius 2 is 1.52 bits per heavy atom. The van der Waals surface area contributed by atoms with Gasteiger partial charge in [-0.25, -0.2) is 12.8 Å². The summed E-state index contributed by atoms with van der Waals surface area (Å²) in [7, 11) is -3.91. The summed E-state index contributed by atoms with van der Waals surface area (Å²) in [6, 6.07) is 23.8. The summed E-state index contributed by atoms with van der Waals surface area (Å²) in [5.41, 5.74) is 4.35. The van der Waals surface area contributed by atoms with Gasteiger partial charge in [0.25, 0.3) is 10.0 Å². The van der Waals surface area contributed by atoms with Gasteiger partial charge in [-0.05, 0) is 87.1 Å². The molecule has 0 N–H and O–H groups in total. The summed E-state index contributed by atoms with van der Waals surface area (Å²) in [6.07, 6.45) is 5.30. The zero-order valence-electron chi connectivity index (χ0n) is 24.3. The first-order chi connectivity index (χ1) is 19.6. The highest BCUT2D eigenvalue weighted by atomic mass is 79.9. The van der Waals surface area contributed by atoms with Gasteiger partial charge in [0.2, 0.25) is 0 Å². The molecule has 0 spiro atoms. The lowest BCUT2D eigenvalue weighted by Gasteiger charge is -2.42. The first-order valence-electron chi connectivity index (χ1n) is 14.5. The van der Waals surface area contributed by atoms with Crippen molar-refractivity contribution in [1.82, 2.24) is 0 Å². The fraction of sp³-hybridized carbons (Fsp3) is 0.353. The number of aryl methyl sites for hydroxylation is 2. The Hall–Kier alpha value is -2.45. The molecule has 0 aromatic heterocycles. The van der Waals surface area contributed by atoms with Crippen molar-refractivity contribution in [3.63, 3.8) is 0 Å². The first kappa shape index (κ1) is 32.5. The summed E-state index contributed by atoms with van der Waals surface area (Å²) < 4.78 is 44.5. The van der Waals surface area contributed by atoms with E-state index in [1.165, 1.54) is 58.5 Å². The molecular weight excluding hydrogens is 635 g/mol. The van der Waals surface area contributed by atoms with E-state index in [2.05, 4.69) is 32.0 Å². The fourth-order valence-electron chi connectivity index (χ4n) is 6.38. The van der Waals surface area contributed by atoms with Gasteiger partial charge in [-0.2, -0.15) is 0 Å². The second kappa shape index (κ2) is 13.9. The molecule has 0 unspecified atom stereocenters. The van der Waals surface area contributed by atoms with Crippen molar-refractivity contribution in [2.24, 2.45) is 0 Å². The highest BCUT2D eigenvalue weighted by Gasteiger charge is 2.31. The van der Waals surface area contributed by atoms with Crippen molar-refractivity contribution in [2.75, 3.05) is 30.5 Å². The molecule has 1 fully saturated rings. The van der Waals surface area contributed by atoms with Crippen molar-refractivity contribution in [1.29, 1.82) is 0 Å². The van der Waals surface area contributed by atoms with E-state index < -0.39 is 15.8 Å². The van der Waals surface area contributed by atoms with E-state index in [1.807, 2.05) is 30.3 Å². The Bertz CT molecular complexity index is 1620.